The molecular formula is C16H15ClN4OS. The molecular weight excluding hydrogens is 332 g/mol. The normalized spacial score (nSPS) is 10.9. The van der Waals surface area contributed by atoms with E-state index in [9.17, 15) is 4.79 Å². The Morgan fingerprint density at radius 1 is 1.22 bits per heavy atom. The number of carbonyl (C=O) groups is 1. The largest absolute Gasteiger partial charge is 0.314 e. The summed E-state index contributed by atoms with van der Waals surface area (Å²) < 4.78 is 2.09. The van der Waals surface area contributed by atoms with Crippen molar-refractivity contribution in [2.75, 3.05) is 5.75 Å². The molecule has 0 spiro atoms. The summed E-state index contributed by atoms with van der Waals surface area (Å²) in [6.07, 6.45) is 0. The number of benzene rings is 2. The van der Waals surface area contributed by atoms with Crippen molar-refractivity contribution in [1.82, 2.24) is 15.0 Å². The summed E-state index contributed by atoms with van der Waals surface area (Å²) in [4.78, 5) is 16.0. The second-order valence-electron chi connectivity index (χ2n) is 4.95. The van der Waals surface area contributed by atoms with Crippen LogP contribution in [0.1, 0.15) is 5.56 Å². The molecule has 7 heteroatoms. The fourth-order valence-corrected chi connectivity index (χ4v) is 3.21. The van der Waals surface area contributed by atoms with Crippen LogP contribution in [0.5, 0.6) is 0 Å². The first kappa shape index (κ1) is 15.9. The van der Waals surface area contributed by atoms with Gasteiger partial charge in [-0.3, -0.25) is 10.2 Å². The van der Waals surface area contributed by atoms with Crippen LogP contribution in [-0.2, 0) is 11.3 Å². The molecule has 23 heavy (non-hydrogen) atoms. The van der Waals surface area contributed by atoms with E-state index in [0.717, 1.165) is 21.8 Å². The van der Waals surface area contributed by atoms with Gasteiger partial charge in [-0.25, -0.2) is 10.8 Å². The molecule has 0 aliphatic carbocycles. The maximum absolute atomic E-state index is 11.4. The highest BCUT2D eigenvalue weighted by Gasteiger charge is 2.13. The van der Waals surface area contributed by atoms with Gasteiger partial charge < -0.3 is 4.57 Å². The highest BCUT2D eigenvalue weighted by Crippen LogP contribution is 2.25. The molecule has 0 bridgehead atoms. The Morgan fingerprint density at radius 2 is 1.96 bits per heavy atom. The van der Waals surface area contributed by atoms with E-state index in [2.05, 4.69) is 15.0 Å². The van der Waals surface area contributed by atoms with Gasteiger partial charge in [0.25, 0.3) is 0 Å². The SMILES string of the molecule is NNC(=O)CSc1nc2ccccc2n1Cc1ccc(Cl)cc1. The number of halogens is 1. The van der Waals surface area contributed by atoms with Crippen molar-refractivity contribution in [3.05, 3.63) is 59.1 Å². The average Bonchev–Trinajstić information content (AvgIpc) is 2.92. The molecule has 0 saturated carbocycles. The van der Waals surface area contributed by atoms with Crippen molar-refractivity contribution in [2.45, 2.75) is 11.7 Å². The van der Waals surface area contributed by atoms with Crippen molar-refractivity contribution >= 4 is 40.3 Å². The molecule has 0 fully saturated rings. The molecule has 5 nitrogen and oxygen atoms in total. The Morgan fingerprint density at radius 3 is 2.70 bits per heavy atom. The van der Waals surface area contributed by atoms with E-state index in [1.165, 1.54) is 11.8 Å². The molecule has 0 saturated heterocycles. The zero-order valence-corrected chi connectivity index (χ0v) is 13.8. The summed E-state index contributed by atoms with van der Waals surface area (Å²) in [5, 5.41) is 1.49. The monoisotopic (exact) mass is 346 g/mol. The minimum atomic E-state index is -0.236. The molecule has 0 aliphatic heterocycles. The first-order valence-corrected chi connectivity index (χ1v) is 8.35. The standard InChI is InChI=1S/C16H15ClN4OS/c17-12-7-5-11(6-8-12)9-21-14-4-2-1-3-13(14)19-16(21)23-10-15(22)20-18/h1-8H,9-10,18H2,(H,20,22). The van der Waals surface area contributed by atoms with Crippen molar-refractivity contribution in [3.63, 3.8) is 0 Å². The number of nitrogens with one attached hydrogen (secondary N) is 1. The lowest BCUT2D eigenvalue weighted by molar-refractivity contribution is -0.118. The summed E-state index contributed by atoms with van der Waals surface area (Å²) in [6, 6.07) is 15.6. The highest BCUT2D eigenvalue weighted by atomic mass is 35.5. The van der Waals surface area contributed by atoms with Gasteiger partial charge in [0.05, 0.1) is 23.3 Å². The number of hydrogen-bond acceptors (Lipinski definition) is 4. The Bertz CT molecular complexity index is 832. The lowest BCUT2D eigenvalue weighted by Gasteiger charge is -2.09. The van der Waals surface area contributed by atoms with Crippen molar-refractivity contribution < 1.29 is 4.79 Å². The zero-order chi connectivity index (χ0) is 16.2. The minimum absolute atomic E-state index is 0.223. The van der Waals surface area contributed by atoms with Gasteiger partial charge in [0.15, 0.2) is 5.16 Å². The number of fused-ring (bicyclic) bond motifs is 1. The van der Waals surface area contributed by atoms with E-state index in [1.807, 2.05) is 48.5 Å². The zero-order valence-electron chi connectivity index (χ0n) is 12.2. The van der Waals surface area contributed by atoms with Crippen LogP contribution >= 0.6 is 23.4 Å². The number of thioether (sulfide) groups is 1. The summed E-state index contributed by atoms with van der Waals surface area (Å²) >= 11 is 7.30. The number of carbonyl (C=O) groups excluding carboxylic acids is 1. The summed E-state index contributed by atoms with van der Waals surface area (Å²) in [5.74, 6) is 5.12. The van der Waals surface area contributed by atoms with E-state index in [0.29, 0.717) is 11.6 Å². The Labute approximate surface area is 142 Å². The van der Waals surface area contributed by atoms with E-state index in [-0.39, 0.29) is 11.7 Å². The van der Waals surface area contributed by atoms with Crippen LogP contribution in [0, 0.1) is 0 Å². The maximum atomic E-state index is 11.4. The first-order chi connectivity index (χ1) is 11.2. The number of aromatic nitrogens is 2. The number of hydrogen-bond donors (Lipinski definition) is 2. The van der Waals surface area contributed by atoms with Crippen LogP contribution in [0.4, 0.5) is 0 Å². The van der Waals surface area contributed by atoms with Gasteiger partial charge in [0, 0.05) is 5.02 Å². The van der Waals surface area contributed by atoms with Gasteiger partial charge in [-0.2, -0.15) is 0 Å². The molecule has 0 radical (unpaired) electrons. The number of rotatable bonds is 5. The molecule has 3 aromatic rings. The van der Waals surface area contributed by atoms with Crippen molar-refractivity contribution in [1.29, 1.82) is 0 Å². The second kappa shape index (κ2) is 7.04. The topological polar surface area (TPSA) is 72.9 Å². The third-order valence-corrected chi connectivity index (χ3v) is 4.60. The fraction of sp³-hybridized carbons (Fsp3) is 0.125. The van der Waals surface area contributed by atoms with Crippen LogP contribution in [0.2, 0.25) is 5.02 Å². The molecule has 3 rings (SSSR count). The van der Waals surface area contributed by atoms with Crippen LogP contribution in [0.15, 0.2) is 53.7 Å². The third kappa shape index (κ3) is 3.67. The predicted octanol–water partition coefficient (Wildman–Crippen LogP) is 2.82. The van der Waals surface area contributed by atoms with Gasteiger partial charge in [0.1, 0.15) is 0 Å². The molecule has 0 unspecified atom stereocenters. The number of nitrogens with two attached hydrogens (primary N) is 1. The molecule has 3 N–H and O–H groups in total. The van der Waals surface area contributed by atoms with Crippen molar-refractivity contribution in [2.24, 2.45) is 5.84 Å². The highest BCUT2D eigenvalue weighted by molar-refractivity contribution is 7.99. The number of amides is 1. The quantitative estimate of drug-likeness (QED) is 0.322. The molecule has 1 aromatic heterocycles. The van der Waals surface area contributed by atoms with E-state index in [1.54, 1.807) is 0 Å². The lowest BCUT2D eigenvalue weighted by atomic mass is 10.2. The van der Waals surface area contributed by atoms with E-state index in [4.69, 9.17) is 17.4 Å². The maximum Gasteiger partial charge on any atom is 0.244 e. The lowest BCUT2D eigenvalue weighted by Crippen LogP contribution is -2.31. The van der Waals surface area contributed by atoms with Gasteiger partial charge in [-0.1, -0.05) is 47.6 Å². The molecule has 2 aromatic carbocycles. The fourth-order valence-electron chi connectivity index (χ4n) is 2.26. The molecule has 118 valence electrons. The average molecular weight is 347 g/mol. The summed E-state index contributed by atoms with van der Waals surface area (Å²) in [5.41, 5.74) is 5.17. The van der Waals surface area contributed by atoms with Crippen molar-refractivity contribution in [3.8, 4) is 0 Å². The first-order valence-electron chi connectivity index (χ1n) is 6.99. The molecule has 0 aliphatic rings. The molecule has 1 amide bonds. The Hall–Kier alpha value is -2.02. The van der Waals surface area contributed by atoms with Gasteiger partial charge >= 0.3 is 0 Å². The van der Waals surface area contributed by atoms with Gasteiger partial charge in [-0.05, 0) is 29.8 Å². The Balaban J connectivity index is 1.95. The van der Waals surface area contributed by atoms with Gasteiger partial charge in [-0.15, -0.1) is 0 Å². The van der Waals surface area contributed by atoms with Crippen LogP contribution in [0.25, 0.3) is 11.0 Å². The Kier molecular flexibility index (Phi) is 4.85. The number of nitrogens with zero attached hydrogens (tertiary/aromatic N) is 2. The van der Waals surface area contributed by atoms with Crippen LogP contribution in [0.3, 0.4) is 0 Å². The minimum Gasteiger partial charge on any atom is -0.314 e. The van der Waals surface area contributed by atoms with Gasteiger partial charge in [0.2, 0.25) is 5.91 Å². The summed E-state index contributed by atoms with van der Waals surface area (Å²) in [6.45, 7) is 0.657. The van der Waals surface area contributed by atoms with Crippen LogP contribution < -0.4 is 11.3 Å². The van der Waals surface area contributed by atoms with E-state index >= 15 is 0 Å². The number of hydrazine groups is 1. The van der Waals surface area contributed by atoms with E-state index < -0.39 is 0 Å². The number of para-hydroxylation sites is 2. The molecule has 0 atom stereocenters. The number of imidazole rings is 1. The summed E-state index contributed by atoms with van der Waals surface area (Å²) in [7, 11) is 0. The third-order valence-electron chi connectivity index (χ3n) is 3.37. The second-order valence-corrected chi connectivity index (χ2v) is 6.33. The smallest absolute Gasteiger partial charge is 0.244 e. The predicted molar refractivity (Wildman–Crippen MR) is 93.3 cm³/mol. The van der Waals surface area contributed by atoms with Crippen LogP contribution in [-0.4, -0.2) is 21.2 Å². The molecule has 1 heterocycles.